The van der Waals surface area contributed by atoms with Crippen molar-refractivity contribution in [3.05, 3.63) is 72.3 Å². The minimum absolute atomic E-state index is 0.0494. The number of carbonyl (C=O) groups is 3. The quantitative estimate of drug-likeness (QED) is 0.240. The predicted octanol–water partition coefficient (Wildman–Crippen LogP) is 4.74. The van der Waals surface area contributed by atoms with Gasteiger partial charge in [-0.25, -0.2) is 9.48 Å². The van der Waals surface area contributed by atoms with E-state index < -0.39 is 11.5 Å². The fraction of sp³-hybridized carbons (Fsp3) is 0.487. The van der Waals surface area contributed by atoms with Gasteiger partial charge in [0.05, 0.1) is 6.04 Å². The Morgan fingerprint density at radius 2 is 1.60 bits per heavy atom. The van der Waals surface area contributed by atoms with Gasteiger partial charge >= 0.3 is 6.09 Å². The van der Waals surface area contributed by atoms with E-state index >= 15 is 0 Å². The Balaban J connectivity index is 0.977. The number of nitrogens with zero attached hydrogens (tertiary/aromatic N) is 5. The zero-order valence-corrected chi connectivity index (χ0v) is 30.6. The third-order valence-corrected chi connectivity index (χ3v) is 9.89. The lowest BCUT2D eigenvalue weighted by Gasteiger charge is -2.38. The Morgan fingerprint density at radius 1 is 0.923 bits per heavy atom. The Kier molecular flexibility index (Phi) is 11.8. The van der Waals surface area contributed by atoms with Crippen LogP contribution in [0.4, 0.5) is 10.6 Å². The molecule has 2 aromatic carbocycles. The molecule has 2 saturated heterocycles. The van der Waals surface area contributed by atoms with Crippen LogP contribution in [0.15, 0.2) is 66.7 Å². The van der Waals surface area contributed by atoms with Crippen LogP contribution in [0.2, 0.25) is 0 Å². The van der Waals surface area contributed by atoms with Crippen LogP contribution >= 0.6 is 0 Å². The number of likely N-dealkylation sites (tertiary alicyclic amines) is 1. The number of ether oxygens (including phenoxy) is 2. The van der Waals surface area contributed by atoms with E-state index in [4.69, 9.17) is 20.3 Å². The van der Waals surface area contributed by atoms with Gasteiger partial charge in [-0.15, -0.1) is 0 Å². The lowest BCUT2D eigenvalue weighted by molar-refractivity contribution is -0.127. The molecule has 0 radical (unpaired) electrons. The molecule has 1 unspecified atom stereocenters. The zero-order valence-electron chi connectivity index (χ0n) is 30.6. The van der Waals surface area contributed by atoms with E-state index in [1.807, 2.05) is 91.0 Å². The summed E-state index contributed by atoms with van der Waals surface area (Å²) in [7, 11) is 0. The highest BCUT2D eigenvalue weighted by Gasteiger charge is 2.36. The van der Waals surface area contributed by atoms with Crippen LogP contribution in [0, 0.1) is 5.92 Å². The molecule has 52 heavy (non-hydrogen) atoms. The Morgan fingerprint density at radius 3 is 2.27 bits per heavy atom. The smallest absolute Gasteiger partial charge is 0.407 e. The molecule has 1 aromatic heterocycles. The Hall–Kier alpha value is -4.88. The number of rotatable bonds is 11. The topological polar surface area (TPSA) is 147 Å². The molecule has 2 fully saturated rings. The minimum Gasteiger partial charge on any atom is -0.457 e. The summed E-state index contributed by atoms with van der Waals surface area (Å²) < 4.78 is 13.2. The number of nitrogens with two attached hydrogens (primary N) is 1. The number of benzene rings is 2. The maximum absolute atomic E-state index is 13.1. The van der Waals surface area contributed by atoms with Gasteiger partial charge in [0.1, 0.15) is 34.2 Å². The molecular weight excluding hydrogens is 660 g/mol. The first kappa shape index (κ1) is 36.9. The first-order valence-electron chi connectivity index (χ1n) is 18.4. The number of anilines is 1. The SMILES string of the molecule is CC(C)(C)OC(=O)NCCN1CCN(C/C=C/C(=O)N2CCC(C3CCNc4c(C(N)=O)c(-c5ccc(Oc6ccccc6)cc5)nn43)CC2)CC1. The number of piperazine rings is 1. The number of nitrogens with one attached hydrogen (secondary N) is 2. The summed E-state index contributed by atoms with van der Waals surface area (Å²) in [6.07, 6.45) is 5.91. The maximum Gasteiger partial charge on any atom is 0.407 e. The van der Waals surface area contributed by atoms with Crippen molar-refractivity contribution in [1.29, 1.82) is 0 Å². The van der Waals surface area contributed by atoms with Crippen LogP contribution in [-0.2, 0) is 9.53 Å². The molecule has 0 aliphatic carbocycles. The van der Waals surface area contributed by atoms with Crippen molar-refractivity contribution in [2.75, 3.05) is 70.8 Å². The van der Waals surface area contributed by atoms with Gasteiger partial charge in [-0.1, -0.05) is 24.3 Å². The summed E-state index contributed by atoms with van der Waals surface area (Å²) in [4.78, 5) is 44.4. The third-order valence-electron chi connectivity index (χ3n) is 9.89. The molecule has 3 aromatic rings. The molecule has 6 rings (SSSR count). The predicted molar refractivity (Wildman–Crippen MR) is 200 cm³/mol. The van der Waals surface area contributed by atoms with Crippen LogP contribution in [0.5, 0.6) is 11.5 Å². The van der Waals surface area contributed by atoms with Crippen molar-refractivity contribution in [2.24, 2.45) is 11.7 Å². The highest BCUT2D eigenvalue weighted by molar-refractivity contribution is 6.03. The second-order valence-electron chi connectivity index (χ2n) is 14.7. The molecule has 1 atom stereocenters. The largest absolute Gasteiger partial charge is 0.457 e. The van der Waals surface area contributed by atoms with Crippen molar-refractivity contribution in [1.82, 2.24) is 29.8 Å². The molecule has 13 heteroatoms. The van der Waals surface area contributed by atoms with Crippen molar-refractivity contribution < 1.29 is 23.9 Å². The first-order valence-corrected chi connectivity index (χ1v) is 18.4. The molecule has 278 valence electrons. The van der Waals surface area contributed by atoms with Crippen LogP contribution in [0.3, 0.4) is 0 Å². The van der Waals surface area contributed by atoms with Gasteiger partial charge in [-0.3, -0.25) is 19.4 Å². The summed E-state index contributed by atoms with van der Waals surface area (Å²) in [6, 6.07) is 17.2. The van der Waals surface area contributed by atoms with Crippen molar-refractivity contribution in [2.45, 2.75) is 51.7 Å². The van der Waals surface area contributed by atoms with E-state index in [2.05, 4.69) is 20.4 Å². The summed E-state index contributed by atoms with van der Waals surface area (Å²) in [6.45, 7) is 13.4. The van der Waals surface area contributed by atoms with Crippen molar-refractivity contribution >= 4 is 23.7 Å². The summed E-state index contributed by atoms with van der Waals surface area (Å²) in [5, 5.41) is 11.2. The Bertz CT molecular complexity index is 1700. The highest BCUT2D eigenvalue weighted by atomic mass is 16.6. The number of piperidine rings is 1. The number of hydrogen-bond donors (Lipinski definition) is 3. The van der Waals surface area contributed by atoms with Crippen LogP contribution < -0.4 is 21.1 Å². The number of primary amides is 1. The van der Waals surface area contributed by atoms with Crippen molar-refractivity contribution in [3.63, 3.8) is 0 Å². The molecule has 0 saturated carbocycles. The lowest BCUT2D eigenvalue weighted by atomic mass is 9.87. The number of carbonyl (C=O) groups excluding carboxylic acids is 3. The van der Waals surface area contributed by atoms with Gasteiger partial charge in [0.25, 0.3) is 5.91 Å². The lowest BCUT2D eigenvalue weighted by Crippen LogP contribution is -2.48. The molecule has 4 N–H and O–H groups in total. The zero-order chi connectivity index (χ0) is 36.7. The number of amides is 3. The maximum atomic E-state index is 13.1. The molecule has 13 nitrogen and oxygen atoms in total. The van der Waals surface area contributed by atoms with E-state index in [0.717, 1.165) is 76.4 Å². The van der Waals surface area contributed by atoms with Crippen LogP contribution in [0.25, 0.3) is 11.3 Å². The first-order chi connectivity index (χ1) is 25.0. The minimum atomic E-state index is -0.518. The highest BCUT2D eigenvalue weighted by Crippen LogP contribution is 2.40. The van der Waals surface area contributed by atoms with Gasteiger partial charge in [0.2, 0.25) is 5.91 Å². The van der Waals surface area contributed by atoms with Crippen molar-refractivity contribution in [3.8, 4) is 22.8 Å². The van der Waals surface area contributed by atoms with E-state index in [1.54, 1.807) is 6.08 Å². The summed E-state index contributed by atoms with van der Waals surface area (Å²) >= 11 is 0. The second-order valence-corrected chi connectivity index (χ2v) is 14.7. The molecular formula is C39H52N8O5. The van der Waals surface area contributed by atoms with Gasteiger partial charge in [0, 0.05) is 77.1 Å². The van der Waals surface area contributed by atoms with E-state index in [9.17, 15) is 14.4 Å². The Labute approximate surface area is 306 Å². The fourth-order valence-corrected chi connectivity index (χ4v) is 7.22. The van der Waals surface area contributed by atoms with Crippen LogP contribution in [-0.4, -0.2) is 113 Å². The number of fused-ring (bicyclic) bond motifs is 1. The average Bonchev–Trinajstić information content (AvgIpc) is 3.53. The molecule has 3 aliphatic heterocycles. The number of para-hydroxylation sites is 1. The number of hydrogen-bond acceptors (Lipinski definition) is 9. The normalized spacial score (nSPS) is 18.8. The molecule has 0 spiro atoms. The molecule has 3 aliphatic rings. The van der Waals surface area contributed by atoms with Gasteiger partial charge < -0.3 is 30.7 Å². The van der Waals surface area contributed by atoms with Gasteiger partial charge in [-0.2, -0.15) is 5.10 Å². The molecule has 0 bridgehead atoms. The van der Waals surface area contributed by atoms with E-state index in [0.29, 0.717) is 48.4 Å². The fourth-order valence-electron chi connectivity index (χ4n) is 7.22. The monoisotopic (exact) mass is 712 g/mol. The number of aromatic nitrogens is 2. The molecule has 4 heterocycles. The average molecular weight is 713 g/mol. The van der Waals surface area contributed by atoms with E-state index in [-0.39, 0.29) is 18.0 Å². The van der Waals surface area contributed by atoms with E-state index in [1.165, 1.54) is 0 Å². The summed E-state index contributed by atoms with van der Waals surface area (Å²) in [5.74, 6) is 1.95. The standard InChI is InChI=1S/C39H52N8O5/c1-39(2,3)52-38(50)42-19-23-45-26-24-44(25-27-45)20-7-10-33(48)46-21-16-28(17-22-46)32-15-18-41-37-34(36(40)49)35(43-47(32)37)29-11-13-31(14-12-29)51-30-8-5-4-6-9-30/h4-14,28,32,41H,15-27H2,1-3H3,(H2,40,49)(H,42,50)/b10-7+. The second kappa shape index (κ2) is 16.6. The third kappa shape index (κ3) is 9.51. The van der Waals surface area contributed by atoms with Gasteiger partial charge in [-0.05, 0) is 82.3 Å². The summed E-state index contributed by atoms with van der Waals surface area (Å²) in [5.41, 5.74) is 7.18. The van der Waals surface area contributed by atoms with Gasteiger partial charge in [0.15, 0.2) is 0 Å². The number of alkyl carbamates (subject to hydrolysis) is 1. The van der Waals surface area contributed by atoms with Crippen LogP contribution in [0.1, 0.15) is 56.4 Å². The molecule has 3 amide bonds.